The van der Waals surface area contributed by atoms with Gasteiger partial charge in [0.2, 0.25) is 17.4 Å². The summed E-state index contributed by atoms with van der Waals surface area (Å²) < 4.78 is 21.9. The summed E-state index contributed by atoms with van der Waals surface area (Å²) in [5.41, 5.74) is 9.32. The van der Waals surface area contributed by atoms with Crippen LogP contribution < -0.4 is 25.4 Å². The molecule has 0 bridgehead atoms. The molecule has 0 aliphatic carbocycles. The number of hydrazone groups is 1. The third kappa shape index (κ3) is 4.24. The van der Waals surface area contributed by atoms with Crippen LogP contribution in [0.3, 0.4) is 0 Å². The highest BCUT2D eigenvalue weighted by molar-refractivity contribution is 5.94. The predicted octanol–water partition coefficient (Wildman–Crippen LogP) is 0.975. The minimum absolute atomic E-state index is 0.0350. The molecule has 164 valence electrons. The van der Waals surface area contributed by atoms with E-state index in [1.165, 1.54) is 32.2 Å². The number of aromatic nitrogens is 5. The van der Waals surface area contributed by atoms with Crippen molar-refractivity contribution < 1.29 is 23.6 Å². The zero-order chi connectivity index (χ0) is 22.4. The van der Waals surface area contributed by atoms with Gasteiger partial charge in [0.05, 0.1) is 33.2 Å². The number of nitrogens with one attached hydrogen (secondary N) is 1. The quantitative estimate of drug-likeness (QED) is 0.369. The van der Waals surface area contributed by atoms with Crippen molar-refractivity contribution in [3.05, 3.63) is 29.1 Å². The first kappa shape index (κ1) is 21.5. The fourth-order valence-corrected chi connectivity index (χ4v) is 2.89. The maximum absolute atomic E-state index is 12.7. The van der Waals surface area contributed by atoms with Crippen LogP contribution in [0.15, 0.2) is 21.9 Å². The summed E-state index contributed by atoms with van der Waals surface area (Å²) in [5, 5.41) is 19.1. The lowest BCUT2D eigenvalue weighted by Gasteiger charge is -2.13. The second-order valence-electron chi connectivity index (χ2n) is 6.14. The van der Waals surface area contributed by atoms with Crippen LogP contribution in [-0.2, 0) is 6.42 Å². The molecule has 3 N–H and O–H groups in total. The molecule has 0 aliphatic heterocycles. The molecule has 0 aliphatic rings. The van der Waals surface area contributed by atoms with Crippen LogP contribution in [-0.4, -0.2) is 58.8 Å². The molecule has 3 rings (SSSR count). The molecule has 2 aromatic heterocycles. The standard InChI is InChI=1S/C18H22N8O5/c1-5-6-11-13(21-25-26(11)17-16(19)23-31-24-17)18(27)22-20-9-10-7-8-12(28-2)15(30-4)14(10)29-3/h7-9H,5-6H2,1-4H3,(H2,19,23)(H,22,27)/b20-9-. The predicted molar refractivity (Wildman–Crippen MR) is 109 cm³/mol. The molecule has 1 amide bonds. The number of rotatable bonds is 9. The van der Waals surface area contributed by atoms with Crippen molar-refractivity contribution in [2.24, 2.45) is 5.10 Å². The molecule has 0 saturated carbocycles. The topological polar surface area (TPSA) is 165 Å². The van der Waals surface area contributed by atoms with Gasteiger partial charge in [0.1, 0.15) is 0 Å². The highest BCUT2D eigenvalue weighted by atomic mass is 16.6. The molecule has 1 aromatic carbocycles. The van der Waals surface area contributed by atoms with Crippen molar-refractivity contribution in [2.45, 2.75) is 19.8 Å². The van der Waals surface area contributed by atoms with Crippen LogP contribution in [0, 0.1) is 0 Å². The SMILES string of the molecule is CCCc1c(C(=O)N/N=C\c2ccc(OC)c(OC)c2OC)nnn1-c1nonc1N. The van der Waals surface area contributed by atoms with Gasteiger partial charge in [-0.15, -0.1) is 5.10 Å². The van der Waals surface area contributed by atoms with Gasteiger partial charge in [-0.2, -0.15) is 9.78 Å². The Morgan fingerprint density at radius 3 is 2.61 bits per heavy atom. The number of anilines is 1. The second kappa shape index (κ2) is 9.56. The van der Waals surface area contributed by atoms with Crippen molar-refractivity contribution in [2.75, 3.05) is 27.1 Å². The molecular weight excluding hydrogens is 408 g/mol. The Labute approximate surface area is 177 Å². The summed E-state index contributed by atoms with van der Waals surface area (Å²) in [4.78, 5) is 12.7. The fourth-order valence-electron chi connectivity index (χ4n) is 2.89. The number of methoxy groups -OCH3 is 3. The third-order valence-corrected chi connectivity index (χ3v) is 4.27. The monoisotopic (exact) mass is 430 g/mol. The average Bonchev–Trinajstić information content (AvgIpc) is 3.38. The van der Waals surface area contributed by atoms with E-state index in [1.807, 2.05) is 6.92 Å². The molecule has 0 radical (unpaired) electrons. The summed E-state index contributed by atoms with van der Waals surface area (Å²) in [7, 11) is 4.51. The van der Waals surface area contributed by atoms with E-state index in [2.05, 4.69) is 35.8 Å². The Balaban J connectivity index is 1.84. The zero-order valence-corrected chi connectivity index (χ0v) is 17.4. The number of carbonyl (C=O) groups is 1. The van der Waals surface area contributed by atoms with Gasteiger partial charge in [-0.05, 0) is 28.9 Å². The average molecular weight is 430 g/mol. The van der Waals surface area contributed by atoms with E-state index in [9.17, 15) is 4.79 Å². The Bertz CT molecular complexity index is 1090. The maximum Gasteiger partial charge on any atom is 0.293 e. The molecule has 2 heterocycles. The largest absolute Gasteiger partial charge is 0.493 e. The Hall–Kier alpha value is -4.16. The second-order valence-corrected chi connectivity index (χ2v) is 6.14. The number of amides is 1. The Morgan fingerprint density at radius 1 is 1.23 bits per heavy atom. The molecular formula is C18H22N8O5. The van der Waals surface area contributed by atoms with Crippen molar-refractivity contribution >= 4 is 17.9 Å². The lowest BCUT2D eigenvalue weighted by molar-refractivity contribution is 0.0949. The number of hydrogen-bond donors (Lipinski definition) is 2. The van der Waals surface area contributed by atoms with Gasteiger partial charge in [0.25, 0.3) is 5.91 Å². The number of ether oxygens (including phenoxy) is 3. The number of nitrogen functional groups attached to an aromatic ring is 1. The highest BCUT2D eigenvalue weighted by Crippen LogP contribution is 2.38. The third-order valence-electron chi connectivity index (χ3n) is 4.27. The first-order chi connectivity index (χ1) is 15.0. The minimum atomic E-state index is -0.555. The van der Waals surface area contributed by atoms with E-state index >= 15 is 0 Å². The summed E-state index contributed by atoms with van der Waals surface area (Å²) in [6.45, 7) is 1.95. The molecule has 0 atom stereocenters. The lowest BCUT2D eigenvalue weighted by atomic mass is 10.2. The highest BCUT2D eigenvalue weighted by Gasteiger charge is 2.23. The van der Waals surface area contributed by atoms with Gasteiger partial charge < -0.3 is 19.9 Å². The zero-order valence-electron chi connectivity index (χ0n) is 17.4. The van der Waals surface area contributed by atoms with Crippen LogP contribution in [0.25, 0.3) is 5.82 Å². The molecule has 3 aromatic rings. The molecule has 13 nitrogen and oxygen atoms in total. The van der Waals surface area contributed by atoms with Gasteiger partial charge >= 0.3 is 0 Å². The first-order valence-electron chi connectivity index (χ1n) is 9.20. The summed E-state index contributed by atoms with van der Waals surface area (Å²) >= 11 is 0. The fraction of sp³-hybridized carbons (Fsp3) is 0.333. The van der Waals surface area contributed by atoms with E-state index in [1.54, 1.807) is 12.1 Å². The first-order valence-corrected chi connectivity index (χ1v) is 9.20. The lowest BCUT2D eigenvalue weighted by Crippen LogP contribution is -2.20. The minimum Gasteiger partial charge on any atom is -0.493 e. The Morgan fingerprint density at radius 2 is 2.00 bits per heavy atom. The number of nitrogens with two attached hydrogens (primary N) is 1. The number of nitrogens with zero attached hydrogens (tertiary/aromatic N) is 6. The number of hydrogen-bond acceptors (Lipinski definition) is 11. The van der Waals surface area contributed by atoms with E-state index in [0.29, 0.717) is 34.9 Å². The molecule has 0 spiro atoms. The van der Waals surface area contributed by atoms with Crippen molar-refractivity contribution in [3.63, 3.8) is 0 Å². The molecule has 0 fully saturated rings. The van der Waals surface area contributed by atoms with Crippen molar-refractivity contribution in [1.82, 2.24) is 30.7 Å². The van der Waals surface area contributed by atoms with Crippen LogP contribution in [0.1, 0.15) is 35.1 Å². The van der Waals surface area contributed by atoms with Crippen LogP contribution >= 0.6 is 0 Å². The van der Waals surface area contributed by atoms with Gasteiger partial charge in [-0.3, -0.25) is 4.79 Å². The van der Waals surface area contributed by atoms with Gasteiger partial charge in [0.15, 0.2) is 17.2 Å². The number of carbonyl (C=O) groups excluding carboxylic acids is 1. The molecule has 13 heteroatoms. The van der Waals surface area contributed by atoms with E-state index in [-0.39, 0.29) is 17.3 Å². The molecule has 0 unspecified atom stereocenters. The maximum atomic E-state index is 12.7. The normalized spacial score (nSPS) is 11.0. The smallest absolute Gasteiger partial charge is 0.293 e. The van der Waals surface area contributed by atoms with E-state index < -0.39 is 5.91 Å². The van der Waals surface area contributed by atoms with Gasteiger partial charge in [-0.1, -0.05) is 18.6 Å². The van der Waals surface area contributed by atoms with E-state index in [4.69, 9.17) is 19.9 Å². The molecule has 0 saturated heterocycles. The Kier molecular flexibility index (Phi) is 6.64. The van der Waals surface area contributed by atoms with Crippen molar-refractivity contribution in [1.29, 1.82) is 0 Å². The number of benzene rings is 1. The van der Waals surface area contributed by atoms with Gasteiger partial charge in [0, 0.05) is 5.56 Å². The van der Waals surface area contributed by atoms with Crippen LogP contribution in [0.2, 0.25) is 0 Å². The summed E-state index contributed by atoms with van der Waals surface area (Å²) in [5.74, 6) is 0.962. The van der Waals surface area contributed by atoms with E-state index in [0.717, 1.165) is 6.42 Å². The van der Waals surface area contributed by atoms with Gasteiger partial charge in [-0.25, -0.2) is 10.1 Å². The summed E-state index contributed by atoms with van der Waals surface area (Å²) in [6, 6.07) is 3.42. The summed E-state index contributed by atoms with van der Waals surface area (Å²) in [6.07, 6.45) is 2.64. The molecule has 31 heavy (non-hydrogen) atoms. The van der Waals surface area contributed by atoms with Crippen LogP contribution in [0.5, 0.6) is 17.2 Å². The van der Waals surface area contributed by atoms with Crippen LogP contribution in [0.4, 0.5) is 5.82 Å². The van der Waals surface area contributed by atoms with Crippen molar-refractivity contribution in [3.8, 4) is 23.1 Å².